The molecule has 1 aliphatic carbocycles. The van der Waals surface area contributed by atoms with Crippen molar-refractivity contribution in [3.63, 3.8) is 0 Å². The van der Waals surface area contributed by atoms with Gasteiger partial charge in [-0.3, -0.25) is 4.99 Å². The number of fused-ring (bicyclic) bond motifs is 1. The zero-order valence-electron chi connectivity index (χ0n) is 18.6. The van der Waals surface area contributed by atoms with Gasteiger partial charge in [0.2, 0.25) is 6.43 Å². The summed E-state index contributed by atoms with van der Waals surface area (Å²) in [7, 11) is 3.84. The van der Waals surface area contributed by atoms with Gasteiger partial charge in [0.1, 0.15) is 29.3 Å². The molecule has 0 amide bonds. The van der Waals surface area contributed by atoms with Crippen LogP contribution in [0.3, 0.4) is 0 Å². The zero-order chi connectivity index (χ0) is 23.0. The SMILES string of the molecule is CN(C)C1=N[C@@H]2[C@@H](OCc3ccccc3)[C@H](OCc3ccccc3)C3(CC3C(F)F)O[C@@H]2S1. The lowest BCUT2D eigenvalue weighted by molar-refractivity contribution is -0.218. The van der Waals surface area contributed by atoms with Crippen LogP contribution in [0.1, 0.15) is 17.5 Å². The van der Waals surface area contributed by atoms with Crippen LogP contribution in [0.5, 0.6) is 0 Å². The predicted octanol–water partition coefficient (Wildman–Crippen LogP) is 4.57. The summed E-state index contributed by atoms with van der Waals surface area (Å²) < 4.78 is 47.0. The zero-order valence-corrected chi connectivity index (χ0v) is 19.5. The minimum Gasteiger partial charge on any atom is -0.368 e. The number of amidine groups is 1. The molecule has 8 heteroatoms. The van der Waals surface area contributed by atoms with Gasteiger partial charge in [0.05, 0.1) is 19.1 Å². The third-order valence-electron chi connectivity index (χ3n) is 6.46. The van der Waals surface area contributed by atoms with E-state index in [2.05, 4.69) is 0 Å². The minimum absolute atomic E-state index is 0.260. The van der Waals surface area contributed by atoms with Crippen LogP contribution in [0.4, 0.5) is 8.78 Å². The molecule has 2 heterocycles. The fourth-order valence-electron chi connectivity index (χ4n) is 4.67. The van der Waals surface area contributed by atoms with Gasteiger partial charge in [-0.25, -0.2) is 8.78 Å². The average Bonchev–Trinajstić information content (AvgIpc) is 3.37. The fraction of sp³-hybridized carbons (Fsp3) is 0.480. The Hall–Kier alpha value is -2.00. The lowest BCUT2D eigenvalue weighted by Gasteiger charge is -2.44. The molecule has 5 rings (SSSR count). The maximum Gasteiger partial charge on any atom is 0.244 e. The Morgan fingerprint density at radius 2 is 1.64 bits per heavy atom. The Labute approximate surface area is 197 Å². The predicted molar refractivity (Wildman–Crippen MR) is 124 cm³/mol. The van der Waals surface area contributed by atoms with Gasteiger partial charge in [0.25, 0.3) is 0 Å². The number of halogens is 2. The van der Waals surface area contributed by atoms with Gasteiger partial charge in [0.15, 0.2) is 5.17 Å². The minimum atomic E-state index is -2.47. The highest BCUT2D eigenvalue weighted by molar-refractivity contribution is 8.14. The van der Waals surface area contributed by atoms with Gasteiger partial charge >= 0.3 is 0 Å². The van der Waals surface area contributed by atoms with Crippen molar-refractivity contribution in [1.29, 1.82) is 0 Å². The highest BCUT2D eigenvalue weighted by Gasteiger charge is 2.72. The van der Waals surface area contributed by atoms with E-state index in [-0.39, 0.29) is 17.9 Å². The van der Waals surface area contributed by atoms with Gasteiger partial charge in [-0.2, -0.15) is 0 Å². The van der Waals surface area contributed by atoms with E-state index in [0.717, 1.165) is 16.3 Å². The highest BCUT2D eigenvalue weighted by Crippen LogP contribution is 2.60. The second kappa shape index (κ2) is 9.33. The molecule has 5 nitrogen and oxygen atoms in total. The number of thioether (sulfide) groups is 1. The number of benzene rings is 2. The van der Waals surface area contributed by atoms with Crippen molar-refractivity contribution in [2.24, 2.45) is 10.9 Å². The van der Waals surface area contributed by atoms with Crippen molar-refractivity contribution in [2.75, 3.05) is 14.1 Å². The van der Waals surface area contributed by atoms with Gasteiger partial charge in [-0.1, -0.05) is 72.4 Å². The van der Waals surface area contributed by atoms with E-state index in [1.54, 1.807) is 0 Å². The normalized spacial score (nSPS) is 32.6. The molecule has 6 atom stereocenters. The van der Waals surface area contributed by atoms with Crippen LogP contribution in [0, 0.1) is 5.92 Å². The molecule has 0 aromatic heterocycles. The molecule has 1 saturated carbocycles. The van der Waals surface area contributed by atoms with E-state index >= 15 is 0 Å². The molecule has 0 radical (unpaired) electrons. The number of hydrogen-bond donors (Lipinski definition) is 0. The van der Waals surface area contributed by atoms with Crippen LogP contribution < -0.4 is 0 Å². The van der Waals surface area contributed by atoms with Crippen molar-refractivity contribution in [3.8, 4) is 0 Å². The molecule has 1 saturated heterocycles. The molecular weight excluding hydrogens is 446 g/mol. The average molecular weight is 475 g/mol. The lowest BCUT2D eigenvalue weighted by Crippen LogP contribution is -2.59. The van der Waals surface area contributed by atoms with Gasteiger partial charge in [0, 0.05) is 14.1 Å². The second-order valence-electron chi connectivity index (χ2n) is 8.98. The van der Waals surface area contributed by atoms with Crippen LogP contribution in [0.25, 0.3) is 0 Å². The van der Waals surface area contributed by atoms with E-state index in [9.17, 15) is 8.78 Å². The summed E-state index contributed by atoms with van der Waals surface area (Å²) in [4.78, 5) is 6.78. The Kier molecular flexibility index (Phi) is 6.44. The lowest BCUT2D eigenvalue weighted by atomic mass is 9.94. The Balaban J connectivity index is 1.45. The number of hydrogen-bond acceptors (Lipinski definition) is 6. The van der Waals surface area contributed by atoms with Gasteiger partial charge < -0.3 is 19.1 Å². The quantitative estimate of drug-likeness (QED) is 0.588. The van der Waals surface area contributed by atoms with Crippen molar-refractivity contribution in [1.82, 2.24) is 4.90 Å². The fourth-order valence-corrected chi connectivity index (χ4v) is 5.86. The number of nitrogens with zero attached hydrogens (tertiary/aromatic N) is 2. The summed E-state index contributed by atoms with van der Waals surface area (Å²) in [5.41, 5.74) is 0.558. The van der Waals surface area contributed by atoms with E-state index in [0.29, 0.717) is 13.2 Å². The van der Waals surface area contributed by atoms with Crippen molar-refractivity contribution < 1.29 is 23.0 Å². The first kappa shape index (κ1) is 22.8. The summed E-state index contributed by atoms with van der Waals surface area (Å²) >= 11 is 1.47. The summed E-state index contributed by atoms with van der Waals surface area (Å²) in [5.74, 6) is -0.869. The van der Waals surface area contributed by atoms with E-state index < -0.39 is 30.2 Å². The van der Waals surface area contributed by atoms with Gasteiger partial charge in [-0.15, -0.1) is 0 Å². The molecule has 1 spiro atoms. The number of ether oxygens (including phenoxy) is 3. The van der Waals surface area contributed by atoms with Crippen molar-refractivity contribution in [2.45, 2.75) is 55.3 Å². The highest BCUT2D eigenvalue weighted by atomic mass is 32.2. The first-order chi connectivity index (χ1) is 16.0. The van der Waals surface area contributed by atoms with Crippen LogP contribution in [0.15, 0.2) is 65.7 Å². The monoisotopic (exact) mass is 474 g/mol. The molecule has 33 heavy (non-hydrogen) atoms. The summed E-state index contributed by atoms with van der Waals surface area (Å²) in [6.45, 7) is 0.652. The number of aliphatic imine (C=N–C) groups is 1. The molecule has 3 aliphatic rings. The molecule has 2 aliphatic heterocycles. The Morgan fingerprint density at radius 1 is 1.03 bits per heavy atom. The first-order valence-electron chi connectivity index (χ1n) is 11.2. The Morgan fingerprint density at radius 3 is 2.18 bits per heavy atom. The van der Waals surface area contributed by atoms with E-state index in [1.807, 2.05) is 79.7 Å². The molecule has 0 bridgehead atoms. The second-order valence-corrected chi connectivity index (χ2v) is 10.0. The topological polar surface area (TPSA) is 43.3 Å². The molecule has 176 valence electrons. The summed E-state index contributed by atoms with van der Waals surface area (Å²) in [5, 5.41) is 0.811. The number of rotatable bonds is 7. The van der Waals surface area contributed by atoms with Crippen LogP contribution in [-0.2, 0) is 27.4 Å². The molecule has 2 aromatic rings. The molecular formula is C25H28F2N2O3S. The summed E-state index contributed by atoms with van der Waals surface area (Å²) in [6.07, 6.45) is -3.36. The van der Waals surface area contributed by atoms with Crippen molar-refractivity contribution >= 4 is 16.9 Å². The van der Waals surface area contributed by atoms with E-state index in [4.69, 9.17) is 19.2 Å². The summed E-state index contributed by atoms with van der Waals surface area (Å²) in [6, 6.07) is 19.2. The largest absolute Gasteiger partial charge is 0.368 e. The van der Waals surface area contributed by atoms with Crippen LogP contribution in [0.2, 0.25) is 0 Å². The van der Waals surface area contributed by atoms with Crippen LogP contribution >= 0.6 is 11.8 Å². The first-order valence-corrected chi connectivity index (χ1v) is 12.0. The van der Waals surface area contributed by atoms with Crippen LogP contribution in [-0.4, -0.2) is 59.9 Å². The standard InChI is InChI=1S/C25H28F2N2O3S/c1-29(2)24-28-19-20(30-14-16-9-5-3-6-10-16)21(31-15-17-11-7-4-8-12-17)25(32-23(19)33-24)13-18(25)22(26)27/h3-12,18-23H,13-15H2,1-2H3/t18?,19-,20-,21+,23-,25?/m1/s1. The maximum atomic E-state index is 13.9. The molecule has 2 fully saturated rings. The van der Waals surface area contributed by atoms with E-state index in [1.165, 1.54) is 11.8 Å². The smallest absolute Gasteiger partial charge is 0.244 e. The molecule has 2 unspecified atom stereocenters. The van der Waals surface area contributed by atoms with Crippen molar-refractivity contribution in [3.05, 3.63) is 71.8 Å². The number of alkyl halides is 2. The Bertz CT molecular complexity index is 978. The molecule has 2 aromatic carbocycles. The third-order valence-corrected chi connectivity index (χ3v) is 7.75. The third kappa shape index (κ3) is 4.54. The maximum absolute atomic E-state index is 13.9. The molecule has 0 N–H and O–H groups in total. The van der Waals surface area contributed by atoms with Gasteiger partial charge in [-0.05, 0) is 17.5 Å².